The van der Waals surface area contributed by atoms with Crippen LogP contribution in [0.5, 0.6) is 0 Å². The van der Waals surface area contributed by atoms with E-state index in [0.717, 1.165) is 6.42 Å². The van der Waals surface area contributed by atoms with Gasteiger partial charge in [-0.1, -0.05) is 0 Å². The molecule has 26 heavy (non-hydrogen) atoms. The lowest BCUT2D eigenvalue weighted by molar-refractivity contribution is -0.130. The minimum atomic E-state index is -0.551. The van der Waals surface area contributed by atoms with Crippen molar-refractivity contribution >= 4 is 23.3 Å². The van der Waals surface area contributed by atoms with Gasteiger partial charge in [0, 0.05) is 44.3 Å². The Bertz CT molecular complexity index is 767. The molecule has 0 aliphatic carbocycles. The summed E-state index contributed by atoms with van der Waals surface area (Å²) in [5.41, 5.74) is -0.576. The van der Waals surface area contributed by atoms with Crippen LogP contribution in [-0.2, 0) is 4.79 Å². The van der Waals surface area contributed by atoms with Crippen LogP contribution in [0.15, 0.2) is 15.7 Å². The first-order chi connectivity index (χ1) is 12.1. The van der Waals surface area contributed by atoms with Crippen molar-refractivity contribution in [3.63, 3.8) is 0 Å². The molecule has 1 saturated heterocycles. The van der Waals surface area contributed by atoms with E-state index in [1.54, 1.807) is 22.5 Å². The first kappa shape index (κ1) is 20.6. The first-order valence-electron chi connectivity index (χ1n) is 9.21. The molecule has 0 spiro atoms. The van der Waals surface area contributed by atoms with Crippen LogP contribution in [0.2, 0.25) is 0 Å². The van der Waals surface area contributed by atoms with Crippen molar-refractivity contribution in [2.45, 2.75) is 58.5 Å². The van der Waals surface area contributed by atoms with Gasteiger partial charge in [0.1, 0.15) is 11.2 Å². The molecule has 0 bridgehead atoms. The molecule has 8 heteroatoms. The normalized spacial score (nSPS) is 16.9. The smallest absolute Gasteiger partial charge is 0.333 e. The van der Waals surface area contributed by atoms with E-state index in [1.807, 2.05) is 32.6 Å². The van der Waals surface area contributed by atoms with Crippen molar-refractivity contribution in [1.82, 2.24) is 14.0 Å². The summed E-state index contributed by atoms with van der Waals surface area (Å²) in [4.78, 5) is 41.4. The van der Waals surface area contributed by atoms with Crippen LogP contribution in [0.3, 0.4) is 0 Å². The highest BCUT2D eigenvalue weighted by Crippen LogP contribution is 2.18. The fourth-order valence-electron chi connectivity index (χ4n) is 3.38. The second-order valence-electron chi connectivity index (χ2n) is 7.33. The van der Waals surface area contributed by atoms with Gasteiger partial charge in [-0.15, -0.1) is 11.6 Å². The molecule has 146 valence electrons. The van der Waals surface area contributed by atoms with E-state index in [0.29, 0.717) is 32.0 Å². The Kier molecular flexibility index (Phi) is 6.55. The molecule has 1 aliphatic rings. The Morgan fingerprint density at radius 3 is 2.12 bits per heavy atom. The Balaban J connectivity index is 2.41. The lowest BCUT2D eigenvalue weighted by Crippen LogP contribution is -2.45. The van der Waals surface area contributed by atoms with Gasteiger partial charge in [0.05, 0.1) is 0 Å². The third kappa shape index (κ3) is 4.14. The SMILES string of the molecule is CC(Cl)C(=O)N1CCCN(c2cc(=O)n(C(C)C)c(=O)n2C(C)C)CC1. The second-order valence-corrected chi connectivity index (χ2v) is 7.99. The maximum Gasteiger partial charge on any atom is 0.333 e. The summed E-state index contributed by atoms with van der Waals surface area (Å²) < 4.78 is 2.95. The molecule has 0 aromatic carbocycles. The lowest BCUT2D eigenvalue weighted by Gasteiger charge is -2.29. The number of nitrogens with zero attached hydrogens (tertiary/aromatic N) is 4. The number of aromatic nitrogens is 2. The molecule has 2 heterocycles. The topological polar surface area (TPSA) is 67.6 Å². The van der Waals surface area contributed by atoms with Gasteiger partial charge >= 0.3 is 5.69 Å². The van der Waals surface area contributed by atoms with Gasteiger partial charge in [-0.3, -0.25) is 18.7 Å². The van der Waals surface area contributed by atoms with E-state index in [9.17, 15) is 14.4 Å². The molecule has 1 fully saturated rings. The minimum Gasteiger partial charge on any atom is -0.356 e. The highest BCUT2D eigenvalue weighted by Gasteiger charge is 2.25. The number of rotatable bonds is 4. The molecular weight excluding hydrogens is 356 g/mol. The summed E-state index contributed by atoms with van der Waals surface area (Å²) >= 11 is 5.93. The number of carbonyl (C=O) groups is 1. The molecular formula is C18H29ClN4O3. The minimum absolute atomic E-state index is 0.0769. The van der Waals surface area contributed by atoms with Crippen LogP contribution < -0.4 is 16.1 Å². The Morgan fingerprint density at radius 1 is 0.962 bits per heavy atom. The van der Waals surface area contributed by atoms with Gasteiger partial charge < -0.3 is 9.80 Å². The number of carbonyl (C=O) groups excluding carboxylic acids is 1. The van der Waals surface area contributed by atoms with Crippen LogP contribution in [0.4, 0.5) is 5.82 Å². The van der Waals surface area contributed by atoms with Crippen LogP contribution in [0.25, 0.3) is 0 Å². The number of amides is 1. The van der Waals surface area contributed by atoms with Gasteiger partial charge in [-0.05, 0) is 41.0 Å². The van der Waals surface area contributed by atoms with Gasteiger partial charge in [0.25, 0.3) is 5.56 Å². The van der Waals surface area contributed by atoms with Crippen molar-refractivity contribution in [3.05, 3.63) is 26.9 Å². The summed E-state index contributed by atoms with van der Waals surface area (Å²) in [5.74, 6) is 0.546. The zero-order valence-electron chi connectivity index (χ0n) is 16.2. The highest BCUT2D eigenvalue weighted by atomic mass is 35.5. The van der Waals surface area contributed by atoms with Crippen molar-refractivity contribution in [2.24, 2.45) is 0 Å². The van der Waals surface area contributed by atoms with Crippen LogP contribution in [0, 0.1) is 0 Å². The quantitative estimate of drug-likeness (QED) is 0.743. The van der Waals surface area contributed by atoms with E-state index in [2.05, 4.69) is 0 Å². The van der Waals surface area contributed by atoms with E-state index in [-0.39, 0.29) is 29.2 Å². The summed E-state index contributed by atoms with van der Waals surface area (Å²) in [7, 11) is 0. The standard InChI is InChI=1S/C18H29ClN4O3/c1-12(2)22-15(11-16(24)23(13(3)4)18(22)26)20-7-6-8-21(10-9-20)17(25)14(5)19/h11-14H,6-10H2,1-5H3. The molecule has 1 unspecified atom stereocenters. The predicted molar refractivity (Wildman–Crippen MR) is 104 cm³/mol. The van der Waals surface area contributed by atoms with Crippen molar-refractivity contribution in [1.29, 1.82) is 0 Å². The zero-order chi connectivity index (χ0) is 19.6. The predicted octanol–water partition coefficient (Wildman–Crippen LogP) is 1.84. The van der Waals surface area contributed by atoms with Crippen LogP contribution >= 0.6 is 11.6 Å². The maximum atomic E-state index is 12.9. The average Bonchev–Trinajstić information content (AvgIpc) is 2.78. The zero-order valence-corrected chi connectivity index (χ0v) is 17.0. The second kappa shape index (κ2) is 8.29. The Morgan fingerprint density at radius 2 is 1.58 bits per heavy atom. The number of hydrogen-bond donors (Lipinski definition) is 0. The molecule has 1 atom stereocenters. The molecule has 0 saturated carbocycles. The van der Waals surface area contributed by atoms with Crippen LogP contribution in [-0.4, -0.2) is 51.5 Å². The van der Waals surface area contributed by atoms with Gasteiger partial charge in [-0.25, -0.2) is 4.79 Å². The monoisotopic (exact) mass is 384 g/mol. The third-order valence-electron chi connectivity index (χ3n) is 4.65. The molecule has 0 radical (unpaired) electrons. The molecule has 7 nitrogen and oxygen atoms in total. The summed E-state index contributed by atoms with van der Waals surface area (Å²) in [6.45, 7) is 11.6. The fourth-order valence-corrected chi connectivity index (χ4v) is 3.52. The largest absolute Gasteiger partial charge is 0.356 e. The Hall–Kier alpha value is -1.76. The van der Waals surface area contributed by atoms with Crippen molar-refractivity contribution in [2.75, 3.05) is 31.1 Å². The van der Waals surface area contributed by atoms with E-state index in [1.165, 1.54) is 4.57 Å². The number of anilines is 1. The number of hydrogen-bond acceptors (Lipinski definition) is 4. The lowest BCUT2D eigenvalue weighted by atomic mass is 10.3. The number of halogens is 1. The summed E-state index contributed by atoms with van der Waals surface area (Å²) in [6.07, 6.45) is 0.759. The van der Waals surface area contributed by atoms with Gasteiger partial charge in [0.2, 0.25) is 5.91 Å². The average molecular weight is 385 g/mol. The molecule has 2 rings (SSSR count). The first-order valence-corrected chi connectivity index (χ1v) is 9.64. The Labute approximate surface area is 159 Å². The van der Waals surface area contributed by atoms with E-state index < -0.39 is 5.38 Å². The highest BCUT2D eigenvalue weighted by molar-refractivity contribution is 6.30. The number of alkyl halides is 1. The molecule has 1 amide bonds. The molecule has 1 aromatic rings. The molecule has 1 aromatic heterocycles. The molecule has 1 aliphatic heterocycles. The maximum absolute atomic E-state index is 12.9. The van der Waals surface area contributed by atoms with Crippen LogP contribution in [0.1, 0.15) is 53.1 Å². The molecule has 0 N–H and O–H groups in total. The van der Waals surface area contributed by atoms with Gasteiger partial charge in [0.15, 0.2) is 0 Å². The summed E-state index contributed by atoms with van der Waals surface area (Å²) in [5, 5.41) is -0.551. The third-order valence-corrected chi connectivity index (χ3v) is 4.84. The van der Waals surface area contributed by atoms with Crippen molar-refractivity contribution < 1.29 is 4.79 Å². The summed E-state index contributed by atoms with van der Waals surface area (Å²) in [6, 6.07) is 1.27. The van der Waals surface area contributed by atoms with E-state index in [4.69, 9.17) is 11.6 Å². The fraction of sp³-hybridized carbons (Fsp3) is 0.722. The van der Waals surface area contributed by atoms with E-state index >= 15 is 0 Å². The van der Waals surface area contributed by atoms with Gasteiger partial charge in [-0.2, -0.15) is 0 Å². The van der Waals surface area contributed by atoms with Crippen molar-refractivity contribution in [3.8, 4) is 0 Å².